The zero-order valence-electron chi connectivity index (χ0n) is 5.28. The van der Waals surface area contributed by atoms with Gasteiger partial charge < -0.3 is 0 Å². The highest BCUT2D eigenvalue weighted by atomic mass is 32.2. The van der Waals surface area contributed by atoms with Crippen molar-refractivity contribution < 1.29 is 0 Å². The monoisotopic (exact) mass is 168 g/mol. The second-order valence-electron chi connectivity index (χ2n) is 1.62. The Morgan fingerprint density at radius 2 is 2.20 bits per heavy atom. The van der Waals surface area contributed by atoms with Crippen molar-refractivity contribution in [1.82, 2.24) is 4.98 Å². The maximum Gasteiger partial charge on any atom is 0.0402 e. The van der Waals surface area contributed by atoms with Crippen LogP contribution in [-0.2, 0) is 0 Å². The van der Waals surface area contributed by atoms with Crippen LogP contribution in [0.2, 0.25) is 0 Å². The highest BCUT2D eigenvalue weighted by molar-refractivity contribution is 8.00. The number of nitrogens with zero attached hydrogens (tertiary/aromatic N) is 1. The van der Waals surface area contributed by atoms with E-state index < -0.39 is 0 Å². The largest absolute Gasteiger partial charge is 0.265 e. The minimum absolute atomic E-state index is 0.763. The summed E-state index contributed by atoms with van der Waals surface area (Å²) in [6, 6.07) is 3.91. The Bertz CT molecular complexity index is 198. The molecule has 1 heterocycles. The van der Waals surface area contributed by atoms with Crippen LogP contribution in [0, 0.1) is 0 Å². The SMILES string of the molecule is S=[C]CSc1ccncc1. The Kier molecular flexibility index (Phi) is 3.40. The Labute approximate surface area is 69.9 Å². The Morgan fingerprint density at radius 1 is 1.50 bits per heavy atom. The molecule has 0 spiro atoms. The first-order chi connectivity index (χ1) is 4.93. The lowest BCUT2D eigenvalue weighted by Crippen LogP contribution is -1.76. The molecular formula is C7H6NS2. The Morgan fingerprint density at radius 3 is 2.80 bits per heavy atom. The summed E-state index contributed by atoms with van der Waals surface area (Å²) in [5.41, 5.74) is 0. The average Bonchev–Trinajstić information content (AvgIpc) is 2.03. The minimum Gasteiger partial charge on any atom is -0.265 e. The van der Waals surface area contributed by atoms with Gasteiger partial charge in [0.05, 0.1) is 0 Å². The number of hydrogen-bond donors (Lipinski definition) is 0. The molecule has 0 atom stereocenters. The molecule has 0 aliphatic carbocycles. The number of pyridine rings is 1. The number of thiocarbonyl (C=S) groups is 1. The van der Waals surface area contributed by atoms with E-state index in [4.69, 9.17) is 0 Å². The van der Waals surface area contributed by atoms with E-state index in [9.17, 15) is 0 Å². The van der Waals surface area contributed by atoms with E-state index in [-0.39, 0.29) is 0 Å². The molecular weight excluding hydrogens is 162 g/mol. The van der Waals surface area contributed by atoms with Crippen LogP contribution < -0.4 is 0 Å². The quantitative estimate of drug-likeness (QED) is 0.506. The van der Waals surface area contributed by atoms with Gasteiger partial charge in [-0.05, 0) is 12.1 Å². The first-order valence-electron chi connectivity index (χ1n) is 2.81. The summed E-state index contributed by atoms with van der Waals surface area (Å²) in [5.74, 6) is 0.763. The van der Waals surface area contributed by atoms with Crippen molar-refractivity contribution in [3.63, 3.8) is 0 Å². The molecule has 0 N–H and O–H groups in total. The number of rotatable bonds is 3. The molecule has 1 nitrogen and oxygen atoms in total. The van der Waals surface area contributed by atoms with E-state index in [1.165, 1.54) is 4.90 Å². The summed E-state index contributed by atoms with van der Waals surface area (Å²) >= 11 is 6.23. The number of hydrogen-bond acceptors (Lipinski definition) is 3. The summed E-state index contributed by atoms with van der Waals surface area (Å²) in [4.78, 5) is 5.08. The van der Waals surface area contributed by atoms with Crippen molar-refractivity contribution in [2.45, 2.75) is 4.90 Å². The highest BCUT2D eigenvalue weighted by Gasteiger charge is 1.87. The lowest BCUT2D eigenvalue weighted by atomic mass is 10.5. The van der Waals surface area contributed by atoms with Crippen molar-refractivity contribution in [1.29, 1.82) is 0 Å². The third-order valence-corrected chi connectivity index (χ3v) is 2.17. The van der Waals surface area contributed by atoms with Gasteiger partial charge in [0.2, 0.25) is 0 Å². The van der Waals surface area contributed by atoms with Crippen LogP contribution in [0.5, 0.6) is 0 Å². The number of thioether (sulfide) groups is 1. The fourth-order valence-corrected chi connectivity index (χ4v) is 1.26. The summed E-state index contributed by atoms with van der Waals surface area (Å²) < 4.78 is 0. The van der Waals surface area contributed by atoms with Crippen molar-refractivity contribution in [2.24, 2.45) is 0 Å². The average molecular weight is 168 g/mol. The zero-order chi connectivity index (χ0) is 7.23. The third-order valence-electron chi connectivity index (χ3n) is 0.947. The standard InChI is InChI=1S/C7H6NS2/c9-5-6-10-7-1-3-8-4-2-7/h1-4H,6H2. The normalized spacial score (nSPS) is 9.20. The van der Waals surface area contributed by atoms with Crippen LogP contribution >= 0.6 is 24.0 Å². The van der Waals surface area contributed by atoms with Gasteiger partial charge in [-0.1, -0.05) is 12.2 Å². The number of aromatic nitrogens is 1. The second-order valence-corrected chi connectivity index (χ2v) is 2.95. The fourth-order valence-electron chi connectivity index (χ4n) is 0.547. The maximum atomic E-state index is 4.56. The first kappa shape index (κ1) is 7.69. The van der Waals surface area contributed by atoms with Crippen LogP contribution in [0.25, 0.3) is 0 Å². The predicted molar refractivity (Wildman–Crippen MR) is 47.6 cm³/mol. The van der Waals surface area contributed by atoms with Crippen LogP contribution in [0.3, 0.4) is 0 Å². The van der Waals surface area contributed by atoms with Crippen molar-refractivity contribution in [3.05, 3.63) is 24.5 Å². The van der Waals surface area contributed by atoms with Crippen molar-refractivity contribution >= 4 is 29.3 Å². The van der Waals surface area contributed by atoms with Crippen LogP contribution in [0.15, 0.2) is 29.4 Å². The Hall–Kier alpha value is -0.410. The molecule has 0 aliphatic heterocycles. The summed E-state index contributed by atoms with van der Waals surface area (Å²) in [6.07, 6.45) is 3.54. The smallest absolute Gasteiger partial charge is 0.0402 e. The predicted octanol–water partition coefficient (Wildman–Crippen LogP) is 2.05. The van der Waals surface area contributed by atoms with Gasteiger partial charge >= 0.3 is 0 Å². The van der Waals surface area contributed by atoms with Crippen LogP contribution in [0.1, 0.15) is 0 Å². The minimum atomic E-state index is 0.763. The van der Waals surface area contributed by atoms with E-state index in [1.807, 2.05) is 12.1 Å². The van der Waals surface area contributed by atoms with E-state index in [1.54, 1.807) is 24.2 Å². The first-order valence-corrected chi connectivity index (χ1v) is 4.20. The van der Waals surface area contributed by atoms with E-state index in [2.05, 4.69) is 22.6 Å². The molecule has 10 heavy (non-hydrogen) atoms. The second kappa shape index (κ2) is 4.41. The van der Waals surface area contributed by atoms with E-state index >= 15 is 0 Å². The topological polar surface area (TPSA) is 12.9 Å². The van der Waals surface area contributed by atoms with E-state index in [0.717, 1.165) is 5.75 Å². The maximum absolute atomic E-state index is 4.56. The van der Waals surface area contributed by atoms with Gasteiger partial charge in [0.25, 0.3) is 0 Å². The molecule has 1 aromatic heterocycles. The van der Waals surface area contributed by atoms with Gasteiger partial charge in [-0.15, -0.1) is 11.8 Å². The van der Waals surface area contributed by atoms with Crippen LogP contribution in [-0.4, -0.2) is 16.1 Å². The molecule has 0 fully saturated rings. The van der Waals surface area contributed by atoms with Gasteiger partial charge in [-0.3, -0.25) is 4.98 Å². The van der Waals surface area contributed by atoms with Crippen molar-refractivity contribution in [2.75, 3.05) is 5.75 Å². The Balaban J connectivity index is 2.50. The molecule has 0 bridgehead atoms. The summed E-state index contributed by atoms with van der Waals surface area (Å²) in [7, 11) is 0. The van der Waals surface area contributed by atoms with Gasteiger partial charge in [0, 0.05) is 28.4 Å². The van der Waals surface area contributed by atoms with E-state index in [0.29, 0.717) is 0 Å². The van der Waals surface area contributed by atoms with Gasteiger partial charge in [0.15, 0.2) is 0 Å². The fraction of sp³-hybridized carbons (Fsp3) is 0.143. The van der Waals surface area contributed by atoms with Gasteiger partial charge in [-0.2, -0.15) is 0 Å². The molecule has 3 heteroatoms. The van der Waals surface area contributed by atoms with Crippen LogP contribution in [0.4, 0.5) is 0 Å². The molecule has 1 aromatic rings. The molecule has 0 saturated heterocycles. The molecule has 0 aromatic carbocycles. The lowest BCUT2D eigenvalue weighted by molar-refractivity contribution is 1.26. The molecule has 0 saturated carbocycles. The molecule has 51 valence electrons. The van der Waals surface area contributed by atoms with Crippen molar-refractivity contribution in [3.8, 4) is 0 Å². The summed E-state index contributed by atoms with van der Waals surface area (Å²) in [5, 5.41) is 2.64. The molecule has 0 aliphatic rings. The zero-order valence-corrected chi connectivity index (χ0v) is 6.91. The van der Waals surface area contributed by atoms with Gasteiger partial charge in [0.1, 0.15) is 0 Å². The highest BCUT2D eigenvalue weighted by Crippen LogP contribution is 2.14. The molecule has 0 amide bonds. The van der Waals surface area contributed by atoms with Gasteiger partial charge in [-0.25, -0.2) is 0 Å². The third kappa shape index (κ3) is 2.45. The molecule has 0 unspecified atom stereocenters. The molecule has 1 radical (unpaired) electrons. The summed E-state index contributed by atoms with van der Waals surface area (Å²) in [6.45, 7) is 0. The lowest BCUT2D eigenvalue weighted by Gasteiger charge is -1.93. The molecule has 1 rings (SSSR count).